The molecule has 28 heavy (non-hydrogen) atoms. The van der Waals surface area contributed by atoms with Gasteiger partial charge in [-0.05, 0) is 30.9 Å². The van der Waals surface area contributed by atoms with Crippen molar-refractivity contribution in [2.75, 3.05) is 7.11 Å². The zero-order chi connectivity index (χ0) is 19.4. The third-order valence-corrected chi connectivity index (χ3v) is 6.36. The quantitative estimate of drug-likeness (QED) is 0.737. The number of hydrogen-bond acceptors (Lipinski definition) is 4. The fourth-order valence-corrected chi connectivity index (χ4v) is 5.12. The Morgan fingerprint density at radius 1 is 1.07 bits per heavy atom. The summed E-state index contributed by atoms with van der Waals surface area (Å²) in [5.74, 6) is 1.18. The average Bonchev–Trinajstić information content (AvgIpc) is 3.16. The lowest BCUT2D eigenvalue weighted by Gasteiger charge is -2.40. The SMILES string of the molecule is COc1cncc2c1C1(O)CCC(c3ccccc3)C1(c1ccc(C)cc1)O2. The van der Waals surface area contributed by atoms with Crippen LogP contribution in [-0.2, 0) is 11.2 Å². The van der Waals surface area contributed by atoms with Crippen molar-refractivity contribution in [3.63, 3.8) is 0 Å². The van der Waals surface area contributed by atoms with Crippen LogP contribution in [0.2, 0.25) is 0 Å². The number of aliphatic hydroxyl groups is 1. The second-order valence-electron chi connectivity index (χ2n) is 7.78. The zero-order valence-corrected chi connectivity index (χ0v) is 16.1. The number of pyridine rings is 1. The van der Waals surface area contributed by atoms with E-state index in [4.69, 9.17) is 9.47 Å². The van der Waals surface area contributed by atoms with Gasteiger partial charge in [0.25, 0.3) is 0 Å². The molecular formula is C24H23NO3. The number of benzene rings is 2. The first-order chi connectivity index (χ1) is 13.6. The predicted molar refractivity (Wildman–Crippen MR) is 107 cm³/mol. The number of nitrogens with zero attached hydrogens (tertiary/aromatic N) is 1. The van der Waals surface area contributed by atoms with Crippen LogP contribution in [0.5, 0.6) is 11.5 Å². The molecule has 4 nitrogen and oxygen atoms in total. The van der Waals surface area contributed by atoms with E-state index in [1.54, 1.807) is 19.5 Å². The van der Waals surface area contributed by atoms with E-state index in [-0.39, 0.29) is 5.92 Å². The Balaban J connectivity index is 1.78. The van der Waals surface area contributed by atoms with E-state index in [0.717, 1.165) is 12.0 Å². The molecule has 2 aromatic carbocycles. The molecule has 142 valence electrons. The summed E-state index contributed by atoms with van der Waals surface area (Å²) in [4.78, 5) is 4.26. The smallest absolute Gasteiger partial charge is 0.174 e. The van der Waals surface area contributed by atoms with Crippen molar-refractivity contribution < 1.29 is 14.6 Å². The van der Waals surface area contributed by atoms with Crippen molar-refractivity contribution in [3.8, 4) is 11.5 Å². The van der Waals surface area contributed by atoms with Crippen LogP contribution in [0.1, 0.15) is 41.0 Å². The molecule has 0 saturated heterocycles. The first-order valence-corrected chi connectivity index (χ1v) is 9.66. The predicted octanol–water partition coefficient (Wildman–Crippen LogP) is 4.45. The maximum Gasteiger partial charge on any atom is 0.174 e. The molecule has 0 amide bonds. The number of fused-ring (bicyclic) bond motifs is 3. The van der Waals surface area contributed by atoms with Gasteiger partial charge >= 0.3 is 0 Å². The Labute approximate surface area is 164 Å². The third kappa shape index (κ3) is 2.12. The molecule has 5 rings (SSSR count). The number of aryl methyl sites for hydroxylation is 1. The Morgan fingerprint density at radius 2 is 1.82 bits per heavy atom. The van der Waals surface area contributed by atoms with E-state index in [1.165, 1.54) is 11.1 Å². The van der Waals surface area contributed by atoms with E-state index in [1.807, 2.05) is 18.2 Å². The standard InChI is InChI=1S/C24H23NO3/c1-16-8-10-18(11-9-16)24-19(17-6-4-3-5-7-17)12-13-23(24,26)22-20(27-2)14-25-15-21(22)28-24/h3-11,14-15,19,26H,12-13H2,1-2H3. The topological polar surface area (TPSA) is 51.6 Å². The fraction of sp³-hybridized carbons (Fsp3) is 0.292. The second kappa shape index (κ2) is 6.08. The van der Waals surface area contributed by atoms with E-state index >= 15 is 0 Å². The number of methoxy groups -OCH3 is 1. The Hall–Kier alpha value is -2.85. The molecule has 0 radical (unpaired) electrons. The van der Waals surface area contributed by atoms with Gasteiger partial charge in [0.1, 0.15) is 17.1 Å². The van der Waals surface area contributed by atoms with Crippen LogP contribution < -0.4 is 9.47 Å². The molecule has 2 heterocycles. The van der Waals surface area contributed by atoms with E-state index < -0.39 is 11.2 Å². The van der Waals surface area contributed by atoms with Crippen LogP contribution in [0.25, 0.3) is 0 Å². The van der Waals surface area contributed by atoms with Crippen molar-refractivity contribution >= 4 is 0 Å². The molecule has 0 bridgehead atoms. The molecule has 0 spiro atoms. The highest BCUT2D eigenvalue weighted by molar-refractivity contribution is 5.57. The summed E-state index contributed by atoms with van der Waals surface area (Å²) in [6.45, 7) is 2.06. The van der Waals surface area contributed by atoms with Gasteiger partial charge in [-0.25, -0.2) is 0 Å². The van der Waals surface area contributed by atoms with Crippen molar-refractivity contribution in [2.24, 2.45) is 0 Å². The van der Waals surface area contributed by atoms with Crippen molar-refractivity contribution in [1.29, 1.82) is 0 Å². The second-order valence-corrected chi connectivity index (χ2v) is 7.78. The fourth-order valence-electron chi connectivity index (χ4n) is 5.12. The highest BCUT2D eigenvalue weighted by Crippen LogP contribution is 2.67. The van der Waals surface area contributed by atoms with Gasteiger partial charge in [-0.3, -0.25) is 4.98 Å². The number of ether oxygens (including phenoxy) is 2. The summed E-state index contributed by atoms with van der Waals surface area (Å²) in [5, 5.41) is 12.2. The van der Waals surface area contributed by atoms with Crippen molar-refractivity contribution in [1.82, 2.24) is 4.98 Å². The maximum atomic E-state index is 12.2. The molecule has 1 saturated carbocycles. The molecular weight excluding hydrogens is 350 g/mol. The molecule has 3 atom stereocenters. The van der Waals surface area contributed by atoms with Gasteiger partial charge in [-0.2, -0.15) is 0 Å². The minimum atomic E-state index is -1.19. The Morgan fingerprint density at radius 3 is 2.54 bits per heavy atom. The van der Waals surface area contributed by atoms with Gasteiger partial charge in [-0.1, -0.05) is 60.2 Å². The van der Waals surface area contributed by atoms with Crippen LogP contribution in [0.3, 0.4) is 0 Å². The molecule has 1 fully saturated rings. The molecule has 1 aliphatic heterocycles. The van der Waals surface area contributed by atoms with Crippen LogP contribution in [0.15, 0.2) is 67.0 Å². The first kappa shape index (κ1) is 17.3. The number of aromatic nitrogens is 1. The molecule has 2 aliphatic rings. The lowest BCUT2D eigenvalue weighted by atomic mass is 9.71. The normalized spacial score (nSPS) is 27.8. The Kier molecular flexibility index (Phi) is 3.75. The minimum absolute atomic E-state index is 0.0125. The molecule has 1 aliphatic carbocycles. The molecule has 3 aromatic rings. The van der Waals surface area contributed by atoms with Crippen LogP contribution in [0, 0.1) is 6.92 Å². The third-order valence-electron chi connectivity index (χ3n) is 6.36. The largest absolute Gasteiger partial charge is 0.495 e. The highest BCUT2D eigenvalue weighted by Gasteiger charge is 2.69. The zero-order valence-electron chi connectivity index (χ0n) is 16.1. The Bertz CT molecular complexity index is 1020. The summed E-state index contributed by atoms with van der Waals surface area (Å²) < 4.78 is 12.2. The summed E-state index contributed by atoms with van der Waals surface area (Å²) in [6.07, 6.45) is 4.75. The monoisotopic (exact) mass is 373 g/mol. The average molecular weight is 373 g/mol. The summed E-state index contributed by atoms with van der Waals surface area (Å²) in [5.41, 5.74) is 1.92. The lowest BCUT2D eigenvalue weighted by molar-refractivity contribution is -0.106. The van der Waals surface area contributed by atoms with Crippen molar-refractivity contribution in [3.05, 3.63) is 89.2 Å². The van der Waals surface area contributed by atoms with Crippen LogP contribution in [-0.4, -0.2) is 17.2 Å². The summed E-state index contributed by atoms with van der Waals surface area (Å²) in [6, 6.07) is 18.6. The minimum Gasteiger partial charge on any atom is -0.495 e. The summed E-state index contributed by atoms with van der Waals surface area (Å²) >= 11 is 0. The van der Waals surface area contributed by atoms with Gasteiger partial charge in [-0.15, -0.1) is 0 Å². The van der Waals surface area contributed by atoms with Gasteiger partial charge < -0.3 is 14.6 Å². The molecule has 3 unspecified atom stereocenters. The van der Waals surface area contributed by atoms with E-state index in [0.29, 0.717) is 23.5 Å². The van der Waals surface area contributed by atoms with Crippen LogP contribution in [0.4, 0.5) is 0 Å². The van der Waals surface area contributed by atoms with E-state index in [9.17, 15) is 5.11 Å². The van der Waals surface area contributed by atoms with Gasteiger partial charge in [0.05, 0.1) is 25.1 Å². The molecule has 1 aromatic heterocycles. The number of rotatable bonds is 3. The van der Waals surface area contributed by atoms with Crippen molar-refractivity contribution in [2.45, 2.75) is 36.9 Å². The number of hydrogen-bond donors (Lipinski definition) is 1. The molecule has 1 N–H and O–H groups in total. The van der Waals surface area contributed by atoms with Gasteiger partial charge in [0.15, 0.2) is 5.60 Å². The first-order valence-electron chi connectivity index (χ1n) is 9.66. The van der Waals surface area contributed by atoms with Gasteiger partial charge in [0, 0.05) is 5.92 Å². The molecule has 4 heteroatoms. The van der Waals surface area contributed by atoms with Gasteiger partial charge in [0.2, 0.25) is 0 Å². The highest BCUT2D eigenvalue weighted by atomic mass is 16.5. The summed E-state index contributed by atoms with van der Waals surface area (Å²) in [7, 11) is 1.61. The maximum absolute atomic E-state index is 12.2. The van der Waals surface area contributed by atoms with E-state index in [2.05, 4.69) is 48.3 Å². The lowest BCUT2D eigenvalue weighted by Crippen LogP contribution is -2.48. The van der Waals surface area contributed by atoms with Crippen LogP contribution >= 0.6 is 0 Å².